The molecule has 2 aromatic carbocycles. The summed E-state index contributed by atoms with van der Waals surface area (Å²) < 4.78 is 18.4. The second kappa shape index (κ2) is 12.5. The highest BCUT2D eigenvalue weighted by atomic mass is 79.9. The SMILES string of the molecule is COc1cc([C@](O)(CCN(C)C)[C@H](c2cccc(C)c2)c2cc3cc(Br)ccc3nc2OC)cc(OC(C)C)n1. The maximum Gasteiger partial charge on any atom is 0.217 e. The van der Waals surface area contributed by atoms with Gasteiger partial charge in [0.25, 0.3) is 0 Å². The van der Waals surface area contributed by atoms with Crippen LogP contribution in [-0.4, -0.2) is 60.9 Å². The molecule has 2 heterocycles. The number of ether oxygens (including phenoxy) is 3. The van der Waals surface area contributed by atoms with Gasteiger partial charge in [0.05, 0.1) is 25.8 Å². The average Bonchev–Trinajstić information content (AvgIpc) is 2.91. The fourth-order valence-corrected chi connectivity index (χ4v) is 5.44. The van der Waals surface area contributed by atoms with Crippen LogP contribution in [-0.2, 0) is 5.60 Å². The minimum Gasteiger partial charge on any atom is -0.481 e. The summed E-state index contributed by atoms with van der Waals surface area (Å²) in [5, 5.41) is 14.0. The second-order valence-corrected chi connectivity index (χ2v) is 11.6. The molecule has 0 aliphatic carbocycles. The van der Waals surface area contributed by atoms with Gasteiger partial charge in [0.15, 0.2) is 0 Å². The Balaban J connectivity index is 2.06. The van der Waals surface area contributed by atoms with Gasteiger partial charge in [-0.25, -0.2) is 4.98 Å². The van der Waals surface area contributed by atoms with E-state index in [1.54, 1.807) is 20.3 Å². The molecule has 0 fully saturated rings. The van der Waals surface area contributed by atoms with Gasteiger partial charge in [0.1, 0.15) is 5.60 Å². The number of aliphatic hydroxyl groups is 1. The van der Waals surface area contributed by atoms with Crippen LogP contribution in [0.1, 0.15) is 48.4 Å². The summed E-state index contributed by atoms with van der Waals surface area (Å²) in [6.45, 7) is 6.56. The van der Waals surface area contributed by atoms with Crippen LogP contribution in [0.2, 0.25) is 0 Å². The maximum atomic E-state index is 13.1. The molecule has 0 amide bonds. The number of methoxy groups -OCH3 is 2. The molecule has 4 aromatic rings. The van der Waals surface area contributed by atoms with Crippen molar-refractivity contribution in [3.8, 4) is 17.6 Å². The van der Waals surface area contributed by atoms with Gasteiger partial charge in [-0.2, -0.15) is 4.98 Å². The number of halogens is 1. The number of fused-ring (bicyclic) bond motifs is 1. The summed E-state index contributed by atoms with van der Waals surface area (Å²) in [5.41, 5.74) is 2.84. The molecule has 0 aliphatic rings. The molecule has 40 heavy (non-hydrogen) atoms. The monoisotopic (exact) mass is 607 g/mol. The van der Waals surface area contributed by atoms with E-state index in [1.165, 1.54) is 0 Å². The fourth-order valence-electron chi connectivity index (χ4n) is 5.07. The van der Waals surface area contributed by atoms with E-state index >= 15 is 0 Å². The molecule has 0 saturated heterocycles. The number of hydrogen-bond donors (Lipinski definition) is 1. The standard InChI is InChI=1S/C32H38BrN3O4/c1-20(2)40-29-19-24(18-28(35-29)38-6)32(37,13-14-36(4)5)30(22-10-8-9-21(3)15-22)26-17-23-16-25(33)11-12-27(23)34-31(26)39-7/h8-12,15-20,30,37H,13-14H2,1-7H3/t30-,32-/m1/s1. The van der Waals surface area contributed by atoms with Crippen LogP contribution in [0.4, 0.5) is 0 Å². The van der Waals surface area contributed by atoms with E-state index in [-0.39, 0.29) is 6.10 Å². The largest absolute Gasteiger partial charge is 0.481 e. The summed E-state index contributed by atoms with van der Waals surface area (Å²) >= 11 is 3.60. The first kappa shape index (κ1) is 29.8. The number of nitrogens with zero attached hydrogens (tertiary/aromatic N) is 3. The smallest absolute Gasteiger partial charge is 0.217 e. The van der Waals surface area contributed by atoms with Gasteiger partial charge in [-0.3, -0.25) is 0 Å². The van der Waals surface area contributed by atoms with Gasteiger partial charge < -0.3 is 24.2 Å². The van der Waals surface area contributed by atoms with Gasteiger partial charge >= 0.3 is 0 Å². The molecule has 2 atom stereocenters. The quantitative estimate of drug-likeness (QED) is 0.209. The molecule has 4 rings (SSSR count). The van der Waals surface area contributed by atoms with E-state index in [4.69, 9.17) is 19.2 Å². The lowest BCUT2D eigenvalue weighted by Crippen LogP contribution is -2.38. The number of aromatic nitrogens is 2. The van der Waals surface area contributed by atoms with Crippen LogP contribution in [0.5, 0.6) is 17.6 Å². The fraction of sp³-hybridized carbons (Fsp3) is 0.375. The van der Waals surface area contributed by atoms with Crippen molar-refractivity contribution in [1.82, 2.24) is 14.9 Å². The first-order valence-corrected chi connectivity index (χ1v) is 14.1. The van der Waals surface area contributed by atoms with Gasteiger partial charge in [-0.05, 0) is 76.7 Å². The van der Waals surface area contributed by atoms with Crippen molar-refractivity contribution >= 4 is 26.8 Å². The normalized spacial score (nSPS) is 13.9. The molecule has 0 aliphatic heterocycles. The van der Waals surface area contributed by atoms with Crippen molar-refractivity contribution in [1.29, 1.82) is 0 Å². The van der Waals surface area contributed by atoms with Gasteiger partial charge in [0.2, 0.25) is 17.6 Å². The van der Waals surface area contributed by atoms with Crippen LogP contribution >= 0.6 is 15.9 Å². The predicted octanol–water partition coefficient (Wildman–Crippen LogP) is 6.48. The Morgan fingerprint density at radius 1 is 0.950 bits per heavy atom. The molecule has 1 N–H and O–H groups in total. The Labute approximate surface area is 245 Å². The van der Waals surface area contributed by atoms with E-state index in [0.29, 0.717) is 36.2 Å². The van der Waals surface area contributed by atoms with Gasteiger partial charge in [-0.15, -0.1) is 0 Å². The van der Waals surface area contributed by atoms with Gasteiger partial charge in [-0.1, -0.05) is 45.8 Å². The molecular formula is C32H38BrN3O4. The van der Waals surface area contributed by atoms with Crippen LogP contribution in [0.25, 0.3) is 10.9 Å². The topological polar surface area (TPSA) is 76.9 Å². The Morgan fingerprint density at radius 2 is 1.70 bits per heavy atom. The molecule has 0 saturated carbocycles. The minimum absolute atomic E-state index is 0.0990. The molecule has 7 nitrogen and oxygen atoms in total. The predicted molar refractivity (Wildman–Crippen MR) is 163 cm³/mol. The van der Waals surface area contributed by atoms with E-state index < -0.39 is 11.5 Å². The molecule has 0 radical (unpaired) electrons. The van der Waals surface area contributed by atoms with E-state index in [9.17, 15) is 5.11 Å². The zero-order valence-electron chi connectivity index (χ0n) is 24.2. The van der Waals surface area contributed by atoms with Crippen LogP contribution in [0.15, 0.2) is 65.1 Å². The Kier molecular flexibility index (Phi) is 9.33. The minimum atomic E-state index is -1.42. The molecular weight excluding hydrogens is 570 g/mol. The Hall–Kier alpha value is -3.20. The Bertz CT molecular complexity index is 1480. The molecule has 0 spiro atoms. The van der Waals surface area contributed by atoms with Crippen molar-refractivity contribution in [2.24, 2.45) is 0 Å². The third-order valence-corrected chi connectivity index (χ3v) is 7.40. The zero-order valence-corrected chi connectivity index (χ0v) is 25.8. The molecule has 2 aromatic heterocycles. The number of hydrogen-bond acceptors (Lipinski definition) is 7. The van der Waals surface area contributed by atoms with Crippen molar-refractivity contribution in [2.75, 3.05) is 34.9 Å². The summed E-state index contributed by atoms with van der Waals surface area (Å²) in [6.07, 6.45) is 0.310. The number of benzene rings is 2. The highest BCUT2D eigenvalue weighted by Gasteiger charge is 2.43. The van der Waals surface area contributed by atoms with Crippen molar-refractivity contribution in [3.63, 3.8) is 0 Å². The van der Waals surface area contributed by atoms with Crippen LogP contribution in [0.3, 0.4) is 0 Å². The van der Waals surface area contributed by atoms with E-state index in [0.717, 1.165) is 32.1 Å². The molecule has 0 bridgehead atoms. The maximum absolute atomic E-state index is 13.1. The molecule has 8 heteroatoms. The third kappa shape index (κ3) is 6.57. The number of pyridine rings is 2. The Morgan fingerprint density at radius 3 is 2.35 bits per heavy atom. The van der Waals surface area contributed by atoms with Crippen LogP contribution < -0.4 is 14.2 Å². The summed E-state index contributed by atoms with van der Waals surface area (Å²) in [5.74, 6) is 0.677. The van der Waals surface area contributed by atoms with E-state index in [2.05, 4.69) is 50.9 Å². The van der Waals surface area contributed by atoms with Crippen molar-refractivity contribution < 1.29 is 19.3 Å². The lowest BCUT2D eigenvalue weighted by Gasteiger charge is -2.39. The number of rotatable bonds is 11. The molecule has 0 unspecified atom stereocenters. The van der Waals surface area contributed by atoms with Crippen molar-refractivity contribution in [2.45, 2.75) is 44.8 Å². The van der Waals surface area contributed by atoms with Crippen LogP contribution in [0, 0.1) is 6.92 Å². The average molecular weight is 609 g/mol. The number of aryl methyl sites for hydroxylation is 1. The molecule has 212 valence electrons. The highest BCUT2D eigenvalue weighted by Crippen LogP contribution is 2.48. The second-order valence-electron chi connectivity index (χ2n) is 10.7. The lowest BCUT2D eigenvalue weighted by molar-refractivity contribution is 0.00316. The summed E-state index contributed by atoms with van der Waals surface area (Å²) in [4.78, 5) is 11.4. The van der Waals surface area contributed by atoms with Gasteiger partial charge in [0, 0.05) is 40.0 Å². The summed E-state index contributed by atoms with van der Waals surface area (Å²) in [6, 6.07) is 19.9. The third-order valence-electron chi connectivity index (χ3n) is 6.91. The lowest BCUT2D eigenvalue weighted by atomic mass is 9.71. The van der Waals surface area contributed by atoms with E-state index in [1.807, 2.05) is 64.3 Å². The summed E-state index contributed by atoms with van der Waals surface area (Å²) in [7, 11) is 7.18. The zero-order chi connectivity index (χ0) is 29.0. The first-order chi connectivity index (χ1) is 19.0. The first-order valence-electron chi connectivity index (χ1n) is 13.3. The highest BCUT2D eigenvalue weighted by molar-refractivity contribution is 9.10. The van der Waals surface area contributed by atoms with Crippen molar-refractivity contribution in [3.05, 3.63) is 87.4 Å².